The summed E-state index contributed by atoms with van der Waals surface area (Å²) in [6.07, 6.45) is 1.00. The molecule has 22 heavy (non-hydrogen) atoms. The molecule has 0 radical (unpaired) electrons. The highest BCUT2D eigenvalue weighted by molar-refractivity contribution is 7.18. The summed E-state index contributed by atoms with van der Waals surface area (Å²) < 4.78 is 3.72. The van der Waals surface area contributed by atoms with Gasteiger partial charge in [-0.3, -0.25) is 0 Å². The summed E-state index contributed by atoms with van der Waals surface area (Å²) in [6, 6.07) is 16.7. The number of benzene rings is 2. The second kappa shape index (κ2) is 6.79. The van der Waals surface area contributed by atoms with Gasteiger partial charge in [-0.15, -0.1) is 0 Å². The van der Waals surface area contributed by atoms with Gasteiger partial charge in [0.25, 0.3) is 0 Å². The minimum atomic E-state index is 0.754. The molecule has 0 bridgehead atoms. The monoisotopic (exact) mass is 310 g/mol. The van der Waals surface area contributed by atoms with E-state index in [2.05, 4.69) is 65.0 Å². The summed E-state index contributed by atoms with van der Waals surface area (Å²) in [6.45, 7) is 6.00. The largest absolute Gasteiger partial charge is 0.235 e. The molecule has 3 aromatic rings. The second-order valence-corrected chi connectivity index (χ2v) is 6.63. The van der Waals surface area contributed by atoms with E-state index in [4.69, 9.17) is 0 Å². The third-order valence-electron chi connectivity index (χ3n) is 3.65. The lowest BCUT2D eigenvalue weighted by Gasteiger charge is -1.96. The number of hydrogen-bond acceptors (Lipinski definition) is 3. The van der Waals surface area contributed by atoms with Gasteiger partial charge in [-0.2, -0.15) is 14.8 Å². The minimum Gasteiger partial charge on any atom is -0.188 e. The van der Waals surface area contributed by atoms with Gasteiger partial charge in [-0.25, -0.2) is 0 Å². The zero-order valence-corrected chi connectivity index (χ0v) is 13.8. The fraction of sp³-hybridized carbons (Fsp3) is 0.278. The van der Waals surface area contributed by atoms with Crippen molar-refractivity contribution in [2.75, 3.05) is 6.54 Å². The maximum Gasteiger partial charge on any atom is 0.235 e. The van der Waals surface area contributed by atoms with E-state index in [1.807, 2.05) is 23.5 Å². The molecule has 0 aliphatic heterocycles. The van der Waals surface area contributed by atoms with Gasteiger partial charge in [0, 0.05) is 19.4 Å². The van der Waals surface area contributed by atoms with Crippen LogP contribution >= 0.6 is 11.3 Å². The average Bonchev–Trinajstić information content (AvgIpc) is 2.85. The van der Waals surface area contributed by atoms with E-state index in [-0.39, 0.29) is 0 Å². The quantitative estimate of drug-likeness (QED) is 0.361. The molecular weight excluding hydrogens is 290 g/mol. The lowest BCUT2D eigenvalue weighted by Crippen LogP contribution is -2.35. The van der Waals surface area contributed by atoms with Crippen LogP contribution in [0.4, 0.5) is 5.69 Å². The first kappa shape index (κ1) is 14.9. The van der Waals surface area contributed by atoms with Crippen molar-refractivity contribution >= 4 is 27.2 Å². The van der Waals surface area contributed by atoms with Crippen molar-refractivity contribution in [3.05, 3.63) is 59.1 Å². The molecule has 1 heterocycles. The molecule has 112 valence electrons. The predicted molar refractivity (Wildman–Crippen MR) is 91.9 cm³/mol. The third-order valence-corrected chi connectivity index (χ3v) is 4.73. The normalized spacial score (nSPS) is 11.5. The Hall–Kier alpha value is -2.07. The van der Waals surface area contributed by atoms with Gasteiger partial charge < -0.3 is 0 Å². The SMILES string of the molecule is Cc1ccc(N=NCCC[n+]2c(C)sc3ccccc32)cc1. The van der Waals surface area contributed by atoms with Gasteiger partial charge in [0.2, 0.25) is 10.5 Å². The predicted octanol–water partition coefficient (Wildman–Crippen LogP) is 4.98. The van der Waals surface area contributed by atoms with Gasteiger partial charge >= 0.3 is 0 Å². The van der Waals surface area contributed by atoms with Crippen LogP contribution in [-0.2, 0) is 6.54 Å². The first-order chi connectivity index (χ1) is 10.7. The van der Waals surface area contributed by atoms with Crippen LogP contribution in [0.5, 0.6) is 0 Å². The fourth-order valence-corrected chi connectivity index (χ4v) is 3.52. The maximum atomic E-state index is 4.30. The summed E-state index contributed by atoms with van der Waals surface area (Å²) in [5.41, 5.74) is 3.49. The van der Waals surface area contributed by atoms with Crippen molar-refractivity contribution in [1.29, 1.82) is 0 Å². The van der Waals surface area contributed by atoms with E-state index < -0.39 is 0 Å². The highest BCUT2D eigenvalue weighted by Crippen LogP contribution is 2.19. The van der Waals surface area contributed by atoms with E-state index in [0.29, 0.717) is 0 Å². The molecule has 0 N–H and O–H groups in total. The Labute approximate surface area is 135 Å². The summed E-state index contributed by atoms with van der Waals surface area (Å²) >= 11 is 1.85. The molecular formula is C18H20N3S+. The zero-order chi connectivity index (χ0) is 15.4. The molecule has 0 atom stereocenters. The van der Waals surface area contributed by atoms with E-state index in [0.717, 1.165) is 25.2 Å². The van der Waals surface area contributed by atoms with Crippen molar-refractivity contribution < 1.29 is 4.57 Å². The van der Waals surface area contributed by atoms with Crippen molar-refractivity contribution in [2.24, 2.45) is 10.2 Å². The van der Waals surface area contributed by atoms with Crippen molar-refractivity contribution in [3.8, 4) is 0 Å². The number of nitrogens with zero attached hydrogens (tertiary/aromatic N) is 3. The second-order valence-electron chi connectivity index (χ2n) is 5.39. The molecule has 0 aliphatic rings. The number of hydrogen-bond donors (Lipinski definition) is 0. The Balaban J connectivity index is 1.58. The number of azo groups is 1. The molecule has 0 fully saturated rings. The number of aromatic nitrogens is 1. The highest BCUT2D eigenvalue weighted by atomic mass is 32.1. The van der Waals surface area contributed by atoms with E-state index in [1.165, 1.54) is 20.8 Å². The Kier molecular flexibility index (Phi) is 4.59. The Bertz CT molecular complexity index is 788. The first-order valence-electron chi connectivity index (χ1n) is 7.56. The minimum absolute atomic E-state index is 0.754. The average molecular weight is 310 g/mol. The molecule has 4 heteroatoms. The summed E-state index contributed by atoms with van der Waals surface area (Å²) in [5.74, 6) is 0. The van der Waals surface area contributed by atoms with Crippen LogP contribution in [0.1, 0.15) is 17.0 Å². The fourth-order valence-electron chi connectivity index (χ4n) is 2.47. The molecule has 1 aromatic heterocycles. The molecule has 3 rings (SSSR count). The van der Waals surface area contributed by atoms with Crippen molar-refractivity contribution in [2.45, 2.75) is 26.8 Å². The number of aryl methyl sites for hydroxylation is 3. The molecule has 0 saturated carbocycles. The summed E-state index contributed by atoms with van der Waals surface area (Å²) in [7, 11) is 0. The van der Waals surface area contributed by atoms with Crippen LogP contribution in [0, 0.1) is 13.8 Å². The molecule has 0 amide bonds. The molecule has 0 unspecified atom stereocenters. The third kappa shape index (κ3) is 3.39. The summed E-state index contributed by atoms with van der Waals surface area (Å²) in [4.78, 5) is 0. The number of fused-ring (bicyclic) bond motifs is 1. The number of thiazole rings is 1. The van der Waals surface area contributed by atoms with E-state index >= 15 is 0 Å². The van der Waals surface area contributed by atoms with Crippen LogP contribution in [0.25, 0.3) is 10.2 Å². The van der Waals surface area contributed by atoms with Gasteiger partial charge in [-0.1, -0.05) is 41.2 Å². The topological polar surface area (TPSA) is 28.6 Å². The smallest absolute Gasteiger partial charge is 0.188 e. The van der Waals surface area contributed by atoms with E-state index in [9.17, 15) is 0 Å². The maximum absolute atomic E-state index is 4.30. The van der Waals surface area contributed by atoms with Crippen LogP contribution in [0.2, 0.25) is 0 Å². The Morgan fingerprint density at radius 1 is 1.00 bits per heavy atom. The highest BCUT2D eigenvalue weighted by Gasteiger charge is 2.15. The Morgan fingerprint density at radius 2 is 1.77 bits per heavy atom. The van der Waals surface area contributed by atoms with Crippen LogP contribution in [0.15, 0.2) is 58.8 Å². The van der Waals surface area contributed by atoms with Gasteiger partial charge in [0.1, 0.15) is 4.70 Å². The molecule has 0 spiro atoms. The zero-order valence-electron chi connectivity index (χ0n) is 13.0. The first-order valence-corrected chi connectivity index (χ1v) is 8.38. The molecule has 2 aromatic carbocycles. The molecule has 0 aliphatic carbocycles. The number of rotatable bonds is 5. The summed E-state index contributed by atoms with van der Waals surface area (Å²) in [5, 5.41) is 9.91. The number of para-hydroxylation sites is 1. The van der Waals surface area contributed by atoms with Crippen LogP contribution in [-0.4, -0.2) is 6.54 Å². The molecule has 0 saturated heterocycles. The Morgan fingerprint density at radius 3 is 2.59 bits per heavy atom. The van der Waals surface area contributed by atoms with Gasteiger partial charge in [0.15, 0.2) is 6.54 Å². The molecule has 3 nitrogen and oxygen atoms in total. The lowest BCUT2D eigenvalue weighted by atomic mass is 10.2. The van der Waals surface area contributed by atoms with Gasteiger partial charge in [-0.05, 0) is 25.1 Å². The lowest BCUT2D eigenvalue weighted by molar-refractivity contribution is -0.673. The standard InChI is InChI=1S/C18H20N3S/c1-14-8-10-16(11-9-14)20-19-12-5-13-21-15(2)22-18-7-4-3-6-17(18)21/h3-4,6-11H,5,12-13H2,1-2H3/q+1. The van der Waals surface area contributed by atoms with Crippen molar-refractivity contribution in [3.63, 3.8) is 0 Å². The van der Waals surface area contributed by atoms with Crippen LogP contribution < -0.4 is 4.57 Å². The van der Waals surface area contributed by atoms with Crippen molar-refractivity contribution in [1.82, 2.24) is 0 Å². The van der Waals surface area contributed by atoms with Crippen LogP contribution in [0.3, 0.4) is 0 Å². The van der Waals surface area contributed by atoms with Gasteiger partial charge in [0.05, 0.1) is 12.2 Å². The van der Waals surface area contributed by atoms with E-state index in [1.54, 1.807) is 0 Å².